The van der Waals surface area contributed by atoms with Crippen LogP contribution in [0.3, 0.4) is 0 Å². The van der Waals surface area contributed by atoms with Gasteiger partial charge in [0.25, 0.3) is 5.56 Å². The van der Waals surface area contributed by atoms with Crippen molar-refractivity contribution in [3.8, 4) is 5.75 Å². The molecular weight excluding hydrogens is 392 g/mol. The van der Waals surface area contributed by atoms with E-state index in [2.05, 4.69) is 29.9 Å². The summed E-state index contributed by atoms with van der Waals surface area (Å²) in [5.74, 6) is 1.81. The van der Waals surface area contributed by atoms with E-state index >= 15 is 0 Å². The zero-order chi connectivity index (χ0) is 21.5. The van der Waals surface area contributed by atoms with Crippen LogP contribution < -0.4 is 21.1 Å². The lowest BCUT2D eigenvalue weighted by Crippen LogP contribution is -2.49. The number of likely N-dealkylation sites (tertiary alicyclic amines) is 1. The van der Waals surface area contributed by atoms with Crippen molar-refractivity contribution in [2.45, 2.75) is 44.3 Å². The van der Waals surface area contributed by atoms with Crippen LogP contribution in [0.25, 0.3) is 0 Å². The number of hydrazine groups is 1. The maximum atomic E-state index is 13.4. The summed E-state index contributed by atoms with van der Waals surface area (Å²) in [6.45, 7) is 4.29. The van der Waals surface area contributed by atoms with Gasteiger partial charge in [-0.2, -0.15) is 0 Å². The normalized spacial score (nSPS) is 29.5. The minimum Gasteiger partial charge on any atom is -0.497 e. The molecule has 3 unspecified atom stereocenters. The third-order valence-corrected chi connectivity index (χ3v) is 7.25. The Labute approximate surface area is 182 Å². The molecule has 0 saturated carbocycles. The molecule has 4 heterocycles. The lowest BCUT2D eigenvalue weighted by molar-refractivity contribution is -0.135. The van der Waals surface area contributed by atoms with Gasteiger partial charge in [0.2, 0.25) is 5.91 Å². The minimum atomic E-state index is 0.0752. The molecule has 1 amide bonds. The van der Waals surface area contributed by atoms with E-state index < -0.39 is 0 Å². The third-order valence-electron chi connectivity index (χ3n) is 7.25. The number of amides is 1. The highest BCUT2D eigenvalue weighted by Gasteiger charge is 2.40. The van der Waals surface area contributed by atoms with E-state index in [1.54, 1.807) is 13.2 Å². The Balaban J connectivity index is 1.31. The first-order valence-corrected chi connectivity index (χ1v) is 11.2. The Hall–Kier alpha value is -2.64. The number of methoxy groups -OCH3 is 1. The largest absolute Gasteiger partial charge is 0.497 e. The molecule has 2 aromatic rings. The number of pyridine rings is 1. The fourth-order valence-corrected chi connectivity index (χ4v) is 5.59. The van der Waals surface area contributed by atoms with Crippen LogP contribution in [0.2, 0.25) is 0 Å². The Kier molecular flexibility index (Phi) is 5.32. The van der Waals surface area contributed by atoms with Crippen LogP contribution in [0.4, 0.5) is 0 Å². The SMILES string of the molecule is COc1ccc(C2NNC(C)C2CC(=O)N2C[C@H]3C[C@@H](C2)c2cccc(=O)n2C3)cc1. The number of hydrogen-bond acceptors (Lipinski definition) is 5. The molecule has 2 N–H and O–H groups in total. The van der Waals surface area contributed by atoms with E-state index in [0.717, 1.165) is 30.0 Å². The van der Waals surface area contributed by atoms with E-state index in [-0.39, 0.29) is 35.4 Å². The van der Waals surface area contributed by atoms with Gasteiger partial charge < -0.3 is 14.2 Å². The van der Waals surface area contributed by atoms with Crippen molar-refractivity contribution in [2.75, 3.05) is 20.2 Å². The van der Waals surface area contributed by atoms with Crippen molar-refractivity contribution in [3.63, 3.8) is 0 Å². The number of aromatic nitrogens is 1. The molecule has 0 spiro atoms. The molecule has 1 aromatic carbocycles. The predicted molar refractivity (Wildman–Crippen MR) is 118 cm³/mol. The number of ether oxygens (including phenoxy) is 1. The Morgan fingerprint density at radius 3 is 2.68 bits per heavy atom. The number of carbonyl (C=O) groups excluding carboxylic acids is 1. The lowest BCUT2D eigenvalue weighted by atomic mass is 9.82. The number of rotatable bonds is 4. The average Bonchev–Trinajstić information content (AvgIpc) is 3.14. The molecule has 7 nitrogen and oxygen atoms in total. The topological polar surface area (TPSA) is 75.6 Å². The van der Waals surface area contributed by atoms with Gasteiger partial charge in [-0.25, -0.2) is 5.43 Å². The Morgan fingerprint density at radius 2 is 1.90 bits per heavy atom. The van der Waals surface area contributed by atoms with Gasteiger partial charge in [0, 0.05) is 55.7 Å². The molecule has 3 aliphatic heterocycles. The number of benzene rings is 1. The molecule has 2 bridgehead atoms. The van der Waals surface area contributed by atoms with Crippen LogP contribution in [0.1, 0.15) is 43.0 Å². The highest BCUT2D eigenvalue weighted by Crippen LogP contribution is 2.37. The van der Waals surface area contributed by atoms with Gasteiger partial charge in [0.15, 0.2) is 0 Å². The lowest BCUT2D eigenvalue weighted by Gasteiger charge is -2.43. The van der Waals surface area contributed by atoms with Crippen LogP contribution in [-0.4, -0.2) is 41.6 Å². The van der Waals surface area contributed by atoms with E-state index in [9.17, 15) is 9.59 Å². The summed E-state index contributed by atoms with van der Waals surface area (Å²) in [6.07, 6.45) is 1.56. The molecule has 0 radical (unpaired) electrons. The van der Waals surface area contributed by atoms with Crippen LogP contribution in [0.5, 0.6) is 5.75 Å². The number of piperidine rings is 1. The summed E-state index contributed by atoms with van der Waals surface area (Å²) >= 11 is 0. The number of carbonyl (C=O) groups is 1. The number of nitrogens with zero attached hydrogens (tertiary/aromatic N) is 2. The first kappa shape index (κ1) is 20.3. The number of nitrogens with one attached hydrogen (secondary N) is 2. The van der Waals surface area contributed by atoms with Crippen LogP contribution in [0.15, 0.2) is 47.3 Å². The molecular formula is C24H30N4O3. The maximum absolute atomic E-state index is 13.4. The second-order valence-corrected chi connectivity index (χ2v) is 9.19. The Morgan fingerprint density at radius 1 is 1.10 bits per heavy atom. The molecule has 5 atom stereocenters. The monoisotopic (exact) mass is 422 g/mol. The van der Waals surface area contributed by atoms with Gasteiger partial charge in [-0.05, 0) is 43.0 Å². The van der Waals surface area contributed by atoms with Gasteiger partial charge in [0.1, 0.15) is 5.75 Å². The first-order chi connectivity index (χ1) is 15.0. The van der Waals surface area contributed by atoms with Crippen molar-refractivity contribution < 1.29 is 9.53 Å². The summed E-state index contributed by atoms with van der Waals surface area (Å²) in [5, 5.41) is 0. The smallest absolute Gasteiger partial charge is 0.250 e. The van der Waals surface area contributed by atoms with Crippen LogP contribution >= 0.6 is 0 Å². The maximum Gasteiger partial charge on any atom is 0.250 e. The summed E-state index contributed by atoms with van der Waals surface area (Å²) < 4.78 is 7.18. The summed E-state index contributed by atoms with van der Waals surface area (Å²) in [5.41, 5.74) is 9.01. The number of hydrogen-bond donors (Lipinski definition) is 2. The minimum absolute atomic E-state index is 0.0752. The first-order valence-electron chi connectivity index (χ1n) is 11.2. The molecule has 2 saturated heterocycles. The van der Waals surface area contributed by atoms with Gasteiger partial charge in [-0.15, -0.1) is 0 Å². The molecule has 2 fully saturated rings. The predicted octanol–water partition coefficient (Wildman–Crippen LogP) is 2.05. The standard InChI is InChI=1S/C24H30N4O3/c1-15-20(24(26-25-15)17-6-8-19(31-2)9-7-17)11-23(30)27-12-16-10-18(14-27)21-4-3-5-22(29)28(21)13-16/h3-9,15-16,18,20,24-26H,10-14H2,1-2H3/t15?,16-,18+,20?,24?/m1/s1. The second kappa shape index (κ2) is 8.13. The van der Waals surface area contributed by atoms with Crippen molar-refractivity contribution in [1.82, 2.24) is 20.3 Å². The quantitative estimate of drug-likeness (QED) is 0.789. The van der Waals surface area contributed by atoms with E-state index in [0.29, 0.717) is 25.4 Å². The average molecular weight is 423 g/mol. The van der Waals surface area contributed by atoms with Gasteiger partial charge in [0.05, 0.1) is 13.2 Å². The van der Waals surface area contributed by atoms with E-state index in [4.69, 9.17) is 4.74 Å². The van der Waals surface area contributed by atoms with Crippen LogP contribution in [-0.2, 0) is 11.3 Å². The van der Waals surface area contributed by atoms with Crippen molar-refractivity contribution in [2.24, 2.45) is 11.8 Å². The fraction of sp³-hybridized carbons (Fsp3) is 0.500. The summed E-state index contributed by atoms with van der Waals surface area (Å²) in [6, 6.07) is 13.8. The second-order valence-electron chi connectivity index (χ2n) is 9.19. The summed E-state index contributed by atoms with van der Waals surface area (Å²) in [7, 11) is 1.66. The Bertz CT molecular complexity index is 1020. The molecule has 3 aliphatic rings. The molecule has 31 heavy (non-hydrogen) atoms. The van der Waals surface area contributed by atoms with Gasteiger partial charge in [-0.1, -0.05) is 18.2 Å². The zero-order valence-electron chi connectivity index (χ0n) is 18.1. The number of fused-ring (bicyclic) bond motifs is 4. The van der Waals surface area contributed by atoms with Crippen molar-refractivity contribution in [3.05, 3.63) is 64.1 Å². The highest BCUT2D eigenvalue weighted by molar-refractivity contribution is 5.77. The molecule has 7 heteroatoms. The fourth-order valence-electron chi connectivity index (χ4n) is 5.59. The molecule has 164 valence electrons. The van der Waals surface area contributed by atoms with Crippen molar-refractivity contribution >= 4 is 5.91 Å². The zero-order valence-corrected chi connectivity index (χ0v) is 18.1. The molecule has 1 aromatic heterocycles. The molecule has 5 rings (SSSR count). The van der Waals surface area contributed by atoms with Crippen LogP contribution in [0, 0.1) is 11.8 Å². The third kappa shape index (κ3) is 3.77. The van der Waals surface area contributed by atoms with E-state index in [1.807, 2.05) is 33.7 Å². The van der Waals surface area contributed by atoms with Crippen molar-refractivity contribution in [1.29, 1.82) is 0 Å². The van der Waals surface area contributed by atoms with Gasteiger partial charge in [-0.3, -0.25) is 15.0 Å². The van der Waals surface area contributed by atoms with E-state index in [1.165, 1.54) is 0 Å². The molecule has 0 aliphatic carbocycles. The highest BCUT2D eigenvalue weighted by atomic mass is 16.5. The van der Waals surface area contributed by atoms with Gasteiger partial charge >= 0.3 is 0 Å². The summed E-state index contributed by atoms with van der Waals surface area (Å²) in [4.78, 5) is 27.7.